The predicted octanol–water partition coefficient (Wildman–Crippen LogP) is 1.01. The van der Waals surface area contributed by atoms with Crippen LogP contribution in [0.5, 0.6) is 5.75 Å². The van der Waals surface area contributed by atoms with E-state index in [-0.39, 0.29) is 56.8 Å². The Morgan fingerprint density at radius 1 is 0.519 bits per heavy atom. The number of carboxylic acid groups (broad SMARTS) is 1. The van der Waals surface area contributed by atoms with Crippen molar-refractivity contribution in [2.75, 3.05) is 6.54 Å². The molecular formula is C57H68N14O10. The average Bonchev–Trinajstić information content (AvgIpc) is 4.23. The number of hydrogen-bond donors (Lipinski definition) is 15. The molecule has 0 aliphatic rings. The van der Waals surface area contributed by atoms with Crippen molar-refractivity contribution in [2.24, 2.45) is 33.8 Å². The summed E-state index contributed by atoms with van der Waals surface area (Å²) in [6.07, 6.45) is 4.19. The number of phenolic OH excluding ortho intramolecular Hbond substituents is 1. The number of aliphatic imine (C=N–C) groups is 1. The van der Waals surface area contributed by atoms with Gasteiger partial charge in [-0.05, 0) is 71.3 Å². The van der Waals surface area contributed by atoms with Crippen LogP contribution in [-0.2, 0) is 64.0 Å². The lowest BCUT2D eigenvalue weighted by molar-refractivity contribution is -0.140. The van der Waals surface area contributed by atoms with Crippen molar-refractivity contribution in [1.29, 1.82) is 0 Å². The molecule has 0 aliphatic carbocycles. The molecule has 0 bridgehead atoms. The minimum atomic E-state index is -1.54. The third kappa shape index (κ3) is 16.0. The van der Waals surface area contributed by atoms with Crippen molar-refractivity contribution >= 4 is 86.0 Å². The molecule has 0 radical (unpaired) electrons. The maximum absolute atomic E-state index is 15.0. The summed E-state index contributed by atoms with van der Waals surface area (Å²) in [5, 5.41) is 38.0. The Morgan fingerprint density at radius 2 is 0.914 bits per heavy atom. The van der Waals surface area contributed by atoms with Crippen molar-refractivity contribution in [1.82, 2.24) is 46.9 Å². The van der Waals surface area contributed by atoms with Crippen LogP contribution in [-0.4, -0.2) is 127 Å². The lowest BCUT2D eigenvalue weighted by Crippen LogP contribution is -2.61. The Balaban J connectivity index is 1.18. The van der Waals surface area contributed by atoms with Gasteiger partial charge in [-0.25, -0.2) is 0 Å². The molecule has 4 aromatic carbocycles. The zero-order valence-corrected chi connectivity index (χ0v) is 44.7. The van der Waals surface area contributed by atoms with E-state index in [1.165, 1.54) is 24.3 Å². The van der Waals surface area contributed by atoms with E-state index >= 15 is 0 Å². The molecule has 7 aromatic rings. The molecule has 3 aromatic heterocycles. The van der Waals surface area contributed by atoms with Crippen LogP contribution >= 0.6 is 0 Å². The first kappa shape index (κ1) is 59.0. The predicted molar refractivity (Wildman–Crippen MR) is 304 cm³/mol. The number of aromatic nitrogens is 3. The molecule has 7 rings (SSSR count). The molecule has 81 heavy (non-hydrogen) atoms. The fourth-order valence-electron chi connectivity index (χ4n) is 9.48. The second-order valence-corrected chi connectivity index (χ2v) is 20.2. The number of phenols is 1. The molecule has 0 saturated carbocycles. The number of aromatic hydroxyl groups is 1. The van der Waals surface area contributed by atoms with Gasteiger partial charge in [-0.2, -0.15) is 0 Å². The summed E-state index contributed by atoms with van der Waals surface area (Å²) in [5.41, 5.74) is 27.2. The molecule has 0 spiro atoms. The normalized spacial score (nSPS) is 13.9. The molecule has 24 nitrogen and oxygen atoms in total. The summed E-state index contributed by atoms with van der Waals surface area (Å²) >= 11 is 0. The van der Waals surface area contributed by atoms with E-state index in [9.17, 15) is 48.6 Å². The van der Waals surface area contributed by atoms with Crippen LogP contribution in [0.1, 0.15) is 55.4 Å². The van der Waals surface area contributed by atoms with Crippen LogP contribution < -0.4 is 54.8 Å². The maximum atomic E-state index is 15.0. The largest absolute Gasteiger partial charge is 0.508 e. The van der Waals surface area contributed by atoms with Gasteiger partial charge >= 0.3 is 5.97 Å². The molecule has 7 amide bonds. The number of carbonyl (C=O) groups excluding carboxylic acids is 7. The Bertz CT molecular complexity index is 3420. The summed E-state index contributed by atoms with van der Waals surface area (Å²) in [6.45, 7) is 3.49. The van der Waals surface area contributed by atoms with Gasteiger partial charge in [-0.15, -0.1) is 0 Å². The molecule has 24 heteroatoms. The zero-order valence-electron chi connectivity index (χ0n) is 44.7. The fraction of sp³-hybridized carbons (Fsp3) is 0.316. The average molecular weight is 1110 g/mol. The highest BCUT2D eigenvalue weighted by molar-refractivity contribution is 5.99. The number of nitrogens with one attached hydrogen (secondary N) is 9. The monoisotopic (exact) mass is 1110 g/mol. The molecule has 0 saturated heterocycles. The Morgan fingerprint density at radius 3 is 1.33 bits per heavy atom. The van der Waals surface area contributed by atoms with Gasteiger partial charge in [0.2, 0.25) is 41.4 Å². The van der Waals surface area contributed by atoms with E-state index in [4.69, 9.17) is 22.9 Å². The van der Waals surface area contributed by atoms with Crippen molar-refractivity contribution in [3.63, 3.8) is 0 Å². The summed E-state index contributed by atoms with van der Waals surface area (Å²) in [7, 11) is 0. The van der Waals surface area contributed by atoms with E-state index in [1.54, 1.807) is 38.5 Å². The number of H-pyrrole nitrogens is 3. The molecule has 7 atom stereocenters. The standard InChI is InChI=1S/C57H68N14O10/c1-30(2)49(71-55(80)47(25-34-29-65-42-15-8-5-12-38(34)42)69-52(77)44(22-31-17-19-35(72)20-18-31)67-51(76)39(58)26-48(73)74)56(81)70-46(24-33-28-64-41-14-7-4-11-37(33)41)54(79)68-45(23-32-27-63-40-13-6-3-10-36(32)40)53(78)66-43(50(59)75)16-9-21-62-57(60)61/h3-8,10-15,17-20,27-30,39,43-47,49,63-65,72H,9,16,21-26,58H2,1-2H3,(H2,59,75)(H,66,78)(H,67,76)(H,68,79)(H,69,77)(H,70,81)(H,71,80)(H,73,74)(H4,60,61,62)/t39-,43-,44-,45+,46+,47+,49-/m0/s1. The molecular weight excluding hydrogens is 1040 g/mol. The van der Waals surface area contributed by atoms with Crippen LogP contribution in [0.15, 0.2) is 121 Å². The van der Waals surface area contributed by atoms with Crippen LogP contribution in [0.2, 0.25) is 0 Å². The van der Waals surface area contributed by atoms with E-state index < -0.39 is 102 Å². The van der Waals surface area contributed by atoms with Gasteiger partial charge in [0, 0.05) is 83.5 Å². The van der Waals surface area contributed by atoms with Gasteiger partial charge in [0.15, 0.2) is 5.96 Å². The fourth-order valence-corrected chi connectivity index (χ4v) is 9.48. The third-order valence-corrected chi connectivity index (χ3v) is 13.8. The molecule has 0 unspecified atom stereocenters. The summed E-state index contributed by atoms with van der Waals surface area (Å²) in [5.74, 6) is -8.02. The number of guanidine groups is 1. The Hall–Kier alpha value is -9.71. The number of aromatic amines is 3. The van der Waals surface area contributed by atoms with Gasteiger partial charge in [0.25, 0.3) is 0 Å². The number of carboxylic acids is 1. The van der Waals surface area contributed by atoms with E-state index in [0.717, 1.165) is 32.7 Å². The number of rotatable bonds is 28. The van der Waals surface area contributed by atoms with Crippen LogP contribution in [0, 0.1) is 5.92 Å². The number of hydrogen-bond acceptors (Lipinski definition) is 11. The van der Waals surface area contributed by atoms with Gasteiger partial charge < -0.3 is 80.0 Å². The highest BCUT2D eigenvalue weighted by atomic mass is 16.4. The van der Waals surface area contributed by atoms with Gasteiger partial charge in [0.05, 0.1) is 12.5 Å². The summed E-state index contributed by atoms with van der Waals surface area (Å²) in [4.78, 5) is 125. The van der Waals surface area contributed by atoms with Crippen LogP contribution in [0.25, 0.3) is 32.7 Å². The summed E-state index contributed by atoms with van der Waals surface area (Å²) in [6, 6.07) is 18.1. The lowest BCUT2D eigenvalue weighted by atomic mass is 9.98. The number of carbonyl (C=O) groups is 8. The first-order chi connectivity index (χ1) is 38.7. The molecule has 0 aliphatic heterocycles. The Labute approximate surface area is 465 Å². The van der Waals surface area contributed by atoms with E-state index in [2.05, 4.69) is 51.8 Å². The molecule has 0 fully saturated rings. The number of amides is 7. The van der Waals surface area contributed by atoms with Crippen molar-refractivity contribution in [2.45, 2.75) is 101 Å². The smallest absolute Gasteiger partial charge is 0.305 e. The van der Waals surface area contributed by atoms with Crippen molar-refractivity contribution in [3.8, 4) is 5.75 Å². The van der Waals surface area contributed by atoms with Gasteiger partial charge in [-0.3, -0.25) is 43.3 Å². The maximum Gasteiger partial charge on any atom is 0.305 e. The quantitative estimate of drug-likeness (QED) is 0.0185. The summed E-state index contributed by atoms with van der Waals surface area (Å²) < 4.78 is 0. The topological polar surface area (TPSA) is 413 Å². The van der Waals surface area contributed by atoms with Gasteiger partial charge in [-0.1, -0.05) is 80.6 Å². The molecule has 426 valence electrons. The lowest BCUT2D eigenvalue weighted by Gasteiger charge is -2.29. The number of primary amides is 1. The van der Waals surface area contributed by atoms with E-state index in [1.807, 2.05) is 66.7 Å². The molecule has 19 N–H and O–H groups in total. The second-order valence-electron chi connectivity index (χ2n) is 20.2. The number of fused-ring (bicyclic) bond motifs is 3. The first-order valence-corrected chi connectivity index (χ1v) is 26.3. The highest BCUT2D eigenvalue weighted by Gasteiger charge is 2.36. The van der Waals surface area contributed by atoms with Crippen molar-refractivity contribution < 1.29 is 48.6 Å². The van der Waals surface area contributed by atoms with Crippen LogP contribution in [0.3, 0.4) is 0 Å². The minimum absolute atomic E-state index is 0.0614. The number of para-hydroxylation sites is 3. The third-order valence-electron chi connectivity index (χ3n) is 13.8. The Kier molecular flexibility index (Phi) is 19.8. The van der Waals surface area contributed by atoms with E-state index in [0.29, 0.717) is 22.3 Å². The van der Waals surface area contributed by atoms with Crippen LogP contribution in [0.4, 0.5) is 0 Å². The van der Waals surface area contributed by atoms with Crippen molar-refractivity contribution in [3.05, 3.63) is 138 Å². The first-order valence-electron chi connectivity index (χ1n) is 26.3. The van der Waals surface area contributed by atoms with Gasteiger partial charge in [0.1, 0.15) is 42.0 Å². The second kappa shape index (κ2) is 27.2. The highest BCUT2D eigenvalue weighted by Crippen LogP contribution is 2.23. The minimum Gasteiger partial charge on any atom is -0.508 e. The number of benzene rings is 4. The zero-order chi connectivity index (χ0) is 58.3. The SMILES string of the molecule is CC(C)[C@H](NC(=O)[C@@H](Cc1c[nH]c2ccccc12)NC(=O)[C@H](Cc1ccc(O)cc1)NC(=O)[C@@H](N)CC(=O)O)C(=O)N[C@H](Cc1c[nH]c2ccccc12)C(=O)N[C@H](Cc1c[nH]c2ccccc12)C(=O)N[C@@H](CCCN=C(N)N)C(N)=O. The number of nitrogens with two attached hydrogens (primary N) is 4. The number of nitrogens with zero attached hydrogens (tertiary/aromatic N) is 1. The molecule has 3 heterocycles. The number of aliphatic carboxylic acids is 1.